The zero-order chi connectivity index (χ0) is 29.9. The smallest absolute Gasteiger partial charge is 0.106 e. The first-order valence-electron chi connectivity index (χ1n) is 14.0. The summed E-state index contributed by atoms with van der Waals surface area (Å²) >= 11 is 5.26. The Hall–Kier alpha value is -2.41. The minimum absolute atomic E-state index is 0.519. The molecule has 220 valence electrons. The lowest BCUT2D eigenvalue weighted by molar-refractivity contribution is 0.487. The number of aromatic nitrogens is 1. The maximum Gasteiger partial charge on any atom is 0.106 e. The van der Waals surface area contributed by atoms with Crippen LogP contribution in [0.25, 0.3) is 0 Å². The van der Waals surface area contributed by atoms with Gasteiger partial charge in [0, 0.05) is 16.2 Å². The zero-order valence-electron chi connectivity index (χ0n) is 26.0. The van der Waals surface area contributed by atoms with Crippen molar-refractivity contribution in [3.63, 3.8) is 0 Å². The highest BCUT2D eigenvalue weighted by Gasteiger charge is 1.99. The van der Waals surface area contributed by atoms with Gasteiger partial charge in [-0.3, -0.25) is 0 Å². The van der Waals surface area contributed by atoms with Gasteiger partial charge < -0.3 is 8.83 Å². The van der Waals surface area contributed by atoms with Crippen LogP contribution >= 0.6 is 34.0 Å². The molecule has 0 amide bonds. The van der Waals surface area contributed by atoms with Gasteiger partial charge in [0.15, 0.2) is 0 Å². The topological polar surface area (TPSA) is 39.2 Å². The van der Waals surface area contributed by atoms with Crippen LogP contribution in [0.4, 0.5) is 0 Å². The third-order valence-electron chi connectivity index (χ3n) is 5.69. The molecule has 0 saturated heterocycles. The van der Waals surface area contributed by atoms with Crippen LogP contribution < -0.4 is 0 Å². The van der Waals surface area contributed by atoms with Crippen LogP contribution in [0.5, 0.6) is 0 Å². The van der Waals surface area contributed by atoms with Crippen molar-refractivity contribution in [2.45, 2.75) is 98.8 Å². The van der Waals surface area contributed by atoms with Crippen molar-refractivity contribution >= 4 is 34.0 Å². The van der Waals surface area contributed by atoms with E-state index >= 15 is 0 Å². The Labute approximate surface area is 255 Å². The second kappa shape index (κ2) is 20.5. The van der Waals surface area contributed by atoms with Crippen LogP contribution in [0, 0.1) is 0 Å². The summed E-state index contributed by atoms with van der Waals surface area (Å²) in [4.78, 5) is 5.61. The van der Waals surface area contributed by atoms with Gasteiger partial charge in [-0.1, -0.05) is 75.3 Å². The van der Waals surface area contributed by atoms with Crippen molar-refractivity contribution in [3.8, 4) is 0 Å². The van der Waals surface area contributed by atoms with Crippen molar-refractivity contribution in [1.29, 1.82) is 0 Å². The van der Waals surface area contributed by atoms with Gasteiger partial charge in [0.05, 0.1) is 30.0 Å². The summed E-state index contributed by atoms with van der Waals surface area (Å²) in [6.07, 6.45) is 5.19. The first kappa shape index (κ1) is 35.6. The molecule has 0 aromatic carbocycles. The lowest BCUT2D eigenvalue weighted by Gasteiger charge is -1.96. The molecule has 0 aliphatic rings. The van der Waals surface area contributed by atoms with Crippen molar-refractivity contribution in [3.05, 3.63) is 110 Å². The average molecular weight is 600 g/mol. The molecule has 0 atom stereocenters. The molecule has 0 aliphatic heterocycles. The van der Waals surface area contributed by atoms with Crippen LogP contribution in [-0.2, 0) is 0 Å². The van der Waals surface area contributed by atoms with Crippen LogP contribution in [0.1, 0.15) is 126 Å². The minimum atomic E-state index is 0.519. The standard InChI is InChI=1S/2C7H10O.2C7H10S.C6H9NS/c1-6(2)7-3-4-8-5-7;1-6(2)7-4-3-5-8-7;1-6(2)7-3-4-8-5-7;1-6(2)7-4-3-5-8-7;1-5(2)6-3-8-4-7-6/h4*3-6H,1-2H3;3-5H,1-2H3. The van der Waals surface area contributed by atoms with E-state index in [-0.39, 0.29) is 0 Å². The number of hydrogen-bond acceptors (Lipinski definition) is 6. The van der Waals surface area contributed by atoms with E-state index in [0.717, 1.165) is 5.76 Å². The Kier molecular flexibility index (Phi) is 18.2. The quantitative estimate of drug-likeness (QED) is 0.202. The van der Waals surface area contributed by atoms with Crippen LogP contribution in [0.2, 0.25) is 0 Å². The first-order chi connectivity index (χ1) is 19.0. The Morgan fingerprint density at radius 3 is 1.60 bits per heavy atom. The Morgan fingerprint density at radius 1 is 0.625 bits per heavy atom. The molecule has 0 saturated carbocycles. The highest BCUT2D eigenvalue weighted by atomic mass is 32.1. The molecule has 0 spiro atoms. The highest BCUT2D eigenvalue weighted by molar-refractivity contribution is 7.10. The summed E-state index contributed by atoms with van der Waals surface area (Å²) in [5.41, 5.74) is 5.80. The Balaban J connectivity index is 0.000000250. The number of nitrogens with zero attached hydrogens (tertiary/aromatic N) is 1. The van der Waals surface area contributed by atoms with Crippen molar-refractivity contribution in [2.24, 2.45) is 0 Å². The van der Waals surface area contributed by atoms with E-state index in [0.29, 0.717) is 29.6 Å². The van der Waals surface area contributed by atoms with Gasteiger partial charge in [-0.2, -0.15) is 11.3 Å². The molecule has 40 heavy (non-hydrogen) atoms. The van der Waals surface area contributed by atoms with E-state index in [1.807, 2.05) is 35.0 Å². The molecule has 5 rings (SSSR count). The molecule has 0 aliphatic carbocycles. The SMILES string of the molecule is CC(C)c1ccco1.CC(C)c1cccs1.CC(C)c1ccoc1.CC(C)c1ccsc1.CC(C)c1cscn1. The van der Waals surface area contributed by atoms with Gasteiger partial charge in [-0.15, -0.1) is 22.7 Å². The van der Waals surface area contributed by atoms with Crippen LogP contribution in [0.3, 0.4) is 0 Å². The molecule has 3 nitrogen and oxygen atoms in total. The fourth-order valence-corrected chi connectivity index (χ4v) is 5.24. The molecule has 6 heteroatoms. The normalized spacial score (nSPS) is 10.4. The van der Waals surface area contributed by atoms with E-state index in [1.54, 1.807) is 41.5 Å². The van der Waals surface area contributed by atoms with E-state index in [2.05, 4.69) is 114 Å². The van der Waals surface area contributed by atoms with E-state index in [4.69, 9.17) is 8.83 Å². The molecule has 5 aromatic rings. The van der Waals surface area contributed by atoms with Gasteiger partial charge in [0.2, 0.25) is 0 Å². The summed E-state index contributed by atoms with van der Waals surface area (Å²) in [6, 6.07) is 12.3. The molecule has 0 radical (unpaired) electrons. The summed E-state index contributed by atoms with van der Waals surface area (Å²) in [6.45, 7) is 21.7. The van der Waals surface area contributed by atoms with E-state index < -0.39 is 0 Å². The molecule has 0 fully saturated rings. The van der Waals surface area contributed by atoms with Gasteiger partial charge in [0.25, 0.3) is 0 Å². The largest absolute Gasteiger partial charge is 0.472 e. The monoisotopic (exact) mass is 599 g/mol. The number of hydrogen-bond donors (Lipinski definition) is 0. The molecule has 5 heterocycles. The maximum atomic E-state index is 5.09. The minimum Gasteiger partial charge on any atom is -0.472 e. The van der Waals surface area contributed by atoms with Crippen LogP contribution in [0.15, 0.2) is 91.1 Å². The number of rotatable bonds is 5. The number of thiazole rings is 1. The average Bonchev–Trinajstić information content (AvgIpc) is 3.74. The Morgan fingerprint density at radius 2 is 1.35 bits per heavy atom. The second-order valence-corrected chi connectivity index (χ2v) is 13.3. The third kappa shape index (κ3) is 15.4. The van der Waals surface area contributed by atoms with Crippen molar-refractivity contribution in [2.75, 3.05) is 0 Å². The third-order valence-corrected chi connectivity index (χ3v) is 8.17. The summed E-state index contributed by atoms with van der Waals surface area (Å²) in [5.74, 6) is 4.15. The number of furan rings is 2. The van der Waals surface area contributed by atoms with Gasteiger partial charge in [-0.05, 0) is 81.3 Å². The first-order valence-corrected chi connectivity index (χ1v) is 16.8. The summed E-state index contributed by atoms with van der Waals surface area (Å²) in [5, 5.41) is 8.53. The summed E-state index contributed by atoms with van der Waals surface area (Å²) in [7, 11) is 0. The van der Waals surface area contributed by atoms with Gasteiger partial charge in [0.1, 0.15) is 5.76 Å². The number of thiophene rings is 2. The lowest BCUT2D eigenvalue weighted by atomic mass is 10.1. The fourth-order valence-electron chi connectivity index (χ4n) is 2.95. The molecule has 5 aromatic heterocycles. The van der Waals surface area contributed by atoms with Crippen molar-refractivity contribution < 1.29 is 8.83 Å². The second-order valence-electron chi connectivity index (χ2n) is 10.8. The highest BCUT2D eigenvalue weighted by Crippen LogP contribution is 2.19. The lowest BCUT2D eigenvalue weighted by Crippen LogP contribution is -1.83. The van der Waals surface area contributed by atoms with E-state index in [1.165, 1.54) is 21.7 Å². The summed E-state index contributed by atoms with van der Waals surface area (Å²) < 4.78 is 9.97. The fraction of sp³-hybridized carbons (Fsp3) is 0.441. The molecule has 0 N–H and O–H groups in total. The Bertz CT molecular complexity index is 931. The zero-order valence-corrected chi connectivity index (χ0v) is 28.4. The predicted molar refractivity (Wildman–Crippen MR) is 179 cm³/mol. The van der Waals surface area contributed by atoms with Gasteiger partial charge >= 0.3 is 0 Å². The molecular weight excluding hydrogens is 551 g/mol. The predicted octanol–water partition coefficient (Wildman–Crippen LogP) is 12.8. The molecule has 0 bridgehead atoms. The van der Waals surface area contributed by atoms with Gasteiger partial charge in [-0.25, -0.2) is 4.98 Å². The maximum absolute atomic E-state index is 5.09. The molecular formula is C34H49NO2S3. The van der Waals surface area contributed by atoms with Crippen LogP contribution in [-0.4, -0.2) is 4.98 Å². The van der Waals surface area contributed by atoms with E-state index in [9.17, 15) is 0 Å². The molecule has 0 unspecified atom stereocenters. The van der Waals surface area contributed by atoms with Crippen molar-refractivity contribution in [1.82, 2.24) is 4.98 Å².